The summed E-state index contributed by atoms with van der Waals surface area (Å²) in [5.74, 6) is 1.62. The van der Waals surface area contributed by atoms with E-state index in [9.17, 15) is 8.42 Å². The standard InChI is InChI=1S/C15H20N4O3S2/c1-19-14(11-5-7-12(8-6-11)18-24(2,20)21)16-17-15(19)23-10-13-4-3-9-22-13/h5-8,13,18H,3-4,9-10H2,1-2H3. The van der Waals surface area contributed by atoms with Gasteiger partial charge in [0.05, 0.1) is 12.4 Å². The van der Waals surface area contributed by atoms with E-state index in [0.29, 0.717) is 11.8 Å². The van der Waals surface area contributed by atoms with Gasteiger partial charge in [0, 0.05) is 30.7 Å². The average molecular weight is 368 g/mol. The molecule has 1 N–H and O–H groups in total. The molecule has 1 fully saturated rings. The minimum atomic E-state index is -3.27. The van der Waals surface area contributed by atoms with Crippen LogP contribution in [0.4, 0.5) is 5.69 Å². The monoisotopic (exact) mass is 368 g/mol. The van der Waals surface area contributed by atoms with Crippen molar-refractivity contribution in [2.24, 2.45) is 7.05 Å². The van der Waals surface area contributed by atoms with Crippen LogP contribution in [-0.2, 0) is 21.8 Å². The van der Waals surface area contributed by atoms with Crippen LogP contribution in [0.15, 0.2) is 29.4 Å². The Kier molecular flexibility index (Phi) is 5.12. The van der Waals surface area contributed by atoms with Crippen molar-refractivity contribution in [2.45, 2.75) is 24.1 Å². The first kappa shape index (κ1) is 17.2. The van der Waals surface area contributed by atoms with Crippen molar-refractivity contribution in [2.75, 3.05) is 23.3 Å². The van der Waals surface area contributed by atoms with Gasteiger partial charge in [-0.3, -0.25) is 4.72 Å². The van der Waals surface area contributed by atoms with Crippen molar-refractivity contribution in [3.63, 3.8) is 0 Å². The molecule has 24 heavy (non-hydrogen) atoms. The minimum Gasteiger partial charge on any atom is -0.377 e. The highest BCUT2D eigenvalue weighted by Crippen LogP contribution is 2.26. The molecule has 130 valence electrons. The van der Waals surface area contributed by atoms with E-state index in [2.05, 4.69) is 14.9 Å². The fourth-order valence-electron chi connectivity index (χ4n) is 2.54. The van der Waals surface area contributed by atoms with Crippen molar-refractivity contribution in [1.82, 2.24) is 14.8 Å². The fraction of sp³-hybridized carbons (Fsp3) is 0.467. The van der Waals surface area contributed by atoms with Gasteiger partial charge in [0.25, 0.3) is 0 Å². The summed E-state index contributed by atoms with van der Waals surface area (Å²) in [6.07, 6.45) is 3.66. The molecule has 9 heteroatoms. The fourth-order valence-corrected chi connectivity index (χ4v) is 4.08. The Balaban J connectivity index is 1.70. The summed E-state index contributed by atoms with van der Waals surface area (Å²) in [5.41, 5.74) is 1.41. The Morgan fingerprint density at radius 3 is 2.71 bits per heavy atom. The average Bonchev–Trinajstić information content (AvgIpc) is 3.14. The highest BCUT2D eigenvalue weighted by Gasteiger charge is 2.18. The first-order valence-electron chi connectivity index (χ1n) is 7.64. The molecule has 3 rings (SSSR count). The third-order valence-corrected chi connectivity index (χ3v) is 5.46. The molecule has 0 saturated carbocycles. The minimum absolute atomic E-state index is 0.302. The Labute approximate surface area is 145 Å². The summed E-state index contributed by atoms with van der Waals surface area (Å²) in [5, 5.41) is 9.34. The zero-order valence-corrected chi connectivity index (χ0v) is 15.2. The molecule has 1 aliphatic heterocycles. The Morgan fingerprint density at radius 2 is 2.08 bits per heavy atom. The van der Waals surface area contributed by atoms with Crippen molar-refractivity contribution in [3.05, 3.63) is 24.3 Å². The molecule has 1 atom stereocenters. The van der Waals surface area contributed by atoms with E-state index in [1.807, 2.05) is 23.7 Å². The third-order valence-electron chi connectivity index (χ3n) is 3.70. The van der Waals surface area contributed by atoms with E-state index in [1.165, 1.54) is 0 Å². The molecule has 1 aliphatic rings. The molecule has 7 nitrogen and oxygen atoms in total. The molecule has 0 aliphatic carbocycles. The number of hydrogen-bond donors (Lipinski definition) is 1. The maximum Gasteiger partial charge on any atom is 0.229 e. The van der Waals surface area contributed by atoms with Gasteiger partial charge in [0.2, 0.25) is 10.0 Å². The number of nitrogens with zero attached hydrogens (tertiary/aromatic N) is 3. The summed E-state index contributed by atoms with van der Waals surface area (Å²) in [6.45, 7) is 0.850. The molecule has 1 unspecified atom stereocenters. The summed E-state index contributed by atoms with van der Waals surface area (Å²) in [7, 11) is -1.35. The molecular weight excluding hydrogens is 348 g/mol. The van der Waals surface area contributed by atoms with Crippen LogP contribution in [0, 0.1) is 0 Å². The van der Waals surface area contributed by atoms with Gasteiger partial charge in [-0.05, 0) is 37.1 Å². The number of sulfonamides is 1. The van der Waals surface area contributed by atoms with Crippen LogP contribution in [0.5, 0.6) is 0 Å². The van der Waals surface area contributed by atoms with Gasteiger partial charge in [0.1, 0.15) is 0 Å². The molecule has 0 bridgehead atoms. The molecule has 0 spiro atoms. The van der Waals surface area contributed by atoms with Gasteiger partial charge < -0.3 is 9.30 Å². The Hall–Kier alpha value is -1.58. The molecule has 1 saturated heterocycles. The lowest BCUT2D eigenvalue weighted by Gasteiger charge is -2.08. The highest BCUT2D eigenvalue weighted by atomic mass is 32.2. The van der Waals surface area contributed by atoms with Crippen molar-refractivity contribution in [3.8, 4) is 11.4 Å². The van der Waals surface area contributed by atoms with Gasteiger partial charge in [-0.1, -0.05) is 11.8 Å². The number of hydrogen-bond acceptors (Lipinski definition) is 6. The van der Waals surface area contributed by atoms with Crippen LogP contribution in [0.2, 0.25) is 0 Å². The van der Waals surface area contributed by atoms with Crippen LogP contribution < -0.4 is 4.72 Å². The van der Waals surface area contributed by atoms with Crippen molar-refractivity contribution in [1.29, 1.82) is 0 Å². The first-order chi connectivity index (χ1) is 11.4. The molecule has 0 radical (unpaired) electrons. The van der Waals surface area contributed by atoms with Crippen molar-refractivity contribution < 1.29 is 13.2 Å². The topological polar surface area (TPSA) is 86.1 Å². The molecule has 2 aromatic rings. The van der Waals surface area contributed by atoms with Crippen LogP contribution >= 0.6 is 11.8 Å². The van der Waals surface area contributed by atoms with E-state index in [0.717, 1.165) is 48.0 Å². The van der Waals surface area contributed by atoms with Crippen molar-refractivity contribution >= 4 is 27.5 Å². The second-order valence-electron chi connectivity index (χ2n) is 5.76. The smallest absolute Gasteiger partial charge is 0.229 e. The quantitative estimate of drug-likeness (QED) is 0.786. The SMILES string of the molecule is Cn1c(SCC2CCCO2)nnc1-c1ccc(NS(C)(=O)=O)cc1. The second kappa shape index (κ2) is 7.12. The van der Waals surface area contributed by atoms with Gasteiger partial charge in [-0.2, -0.15) is 0 Å². The normalized spacial score (nSPS) is 18.0. The van der Waals surface area contributed by atoms with Crippen LogP contribution in [0.25, 0.3) is 11.4 Å². The summed E-state index contributed by atoms with van der Waals surface area (Å²) in [6, 6.07) is 7.08. The van der Waals surface area contributed by atoms with Crippen LogP contribution in [0.1, 0.15) is 12.8 Å². The Morgan fingerprint density at radius 1 is 1.33 bits per heavy atom. The number of anilines is 1. The number of aromatic nitrogens is 3. The van der Waals surface area contributed by atoms with E-state index >= 15 is 0 Å². The second-order valence-corrected chi connectivity index (χ2v) is 8.50. The van der Waals surface area contributed by atoms with Gasteiger partial charge in [-0.15, -0.1) is 10.2 Å². The number of rotatable bonds is 6. The maximum absolute atomic E-state index is 11.2. The predicted octanol–water partition coefficient (Wildman–Crippen LogP) is 2.12. The number of nitrogens with one attached hydrogen (secondary N) is 1. The van der Waals surface area contributed by atoms with E-state index < -0.39 is 10.0 Å². The number of thioether (sulfide) groups is 1. The zero-order chi connectivity index (χ0) is 17.2. The molecule has 1 aromatic heterocycles. The summed E-state index contributed by atoms with van der Waals surface area (Å²) >= 11 is 1.64. The van der Waals surface area contributed by atoms with E-state index in [4.69, 9.17) is 4.74 Å². The van der Waals surface area contributed by atoms with E-state index in [-0.39, 0.29) is 0 Å². The molecule has 0 amide bonds. The first-order valence-corrected chi connectivity index (χ1v) is 10.5. The van der Waals surface area contributed by atoms with Crippen LogP contribution in [0.3, 0.4) is 0 Å². The third kappa shape index (κ3) is 4.28. The number of benzene rings is 1. The number of ether oxygens (including phenoxy) is 1. The lowest BCUT2D eigenvalue weighted by atomic mass is 10.2. The molecule has 1 aromatic carbocycles. The zero-order valence-electron chi connectivity index (χ0n) is 13.6. The largest absolute Gasteiger partial charge is 0.377 e. The summed E-state index contributed by atoms with van der Waals surface area (Å²) in [4.78, 5) is 0. The predicted molar refractivity (Wildman–Crippen MR) is 94.6 cm³/mol. The van der Waals surface area contributed by atoms with E-state index in [1.54, 1.807) is 23.9 Å². The molecular formula is C15H20N4O3S2. The maximum atomic E-state index is 11.2. The highest BCUT2D eigenvalue weighted by molar-refractivity contribution is 7.99. The molecule has 2 heterocycles. The summed E-state index contributed by atoms with van der Waals surface area (Å²) < 4.78 is 32.5. The lowest BCUT2D eigenvalue weighted by Crippen LogP contribution is -2.09. The van der Waals surface area contributed by atoms with Gasteiger partial charge >= 0.3 is 0 Å². The Bertz CT molecular complexity index is 797. The van der Waals surface area contributed by atoms with Crippen LogP contribution in [-0.4, -0.2) is 47.9 Å². The van der Waals surface area contributed by atoms with Gasteiger partial charge in [0.15, 0.2) is 11.0 Å². The lowest BCUT2D eigenvalue weighted by molar-refractivity contribution is 0.129. The van der Waals surface area contributed by atoms with Gasteiger partial charge in [-0.25, -0.2) is 8.42 Å².